The number of carbonyl (C=O) groups is 2. The number of aromatic nitrogens is 2. The molecule has 3 aromatic rings. The van der Waals surface area contributed by atoms with Gasteiger partial charge in [-0.15, -0.1) is 10.2 Å². The van der Waals surface area contributed by atoms with Crippen LogP contribution < -0.4 is 15.4 Å². The molecule has 0 bridgehead atoms. The molecule has 2 amide bonds. The monoisotopic (exact) mass is 428 g/mol. The number of benzene rings is 2. The average molecular weight is 428 g/mol. The second-order valence-electron chi connectivity index (χ2n) is 6.37. The summed E-state index contributed by atoms with van der Waals surface area (Å²) >= 11 is 1.33. The lowest BCUT2D eigenvalue weighted by Gasteiger charge is -2.11. The number of ether oxygens (including phenoxy) is 1. The van der Waals surface area contributed by atoms with Crippen LogP contribution in [0.25, 0.3) is 0 Å². The van der Waals surface area contributed by atoms with E-state index in [-0.39, 0.29) is 23.6 Å². The molecule has 30 heavy (non-hydrogen) atoms. The van der Waals surface area contributed by atoms with E-state index in [2.05, 4.69) is 27.8 Å². The van der Waals surface area contributed by atoms with E-state index in [0.717, 1.165) is 24.3 Å². The number of nitrogens with zero attached hydrogens (tertiary/aromatic N) is 2. The Labute approximate surface area is 177 Å². The number of hydrogen-bond acceptors (Lipinski definition) is 6. The van der Waals surface area contributed by atoms with Crippen molar-refractivity contribution < 1.29 is 18.7 Å². The average Bonchev–Trinajstić information content (AvgIpc) is 3.19. The quantitative estimate of drug-likeness (QED) is 0.530. The highest BCUT2D eigenvalue weighted by Crippen LogP contribution is 2.22. The molecule has 0 radical (unpaired) electrons. The third kappa shape index (κ3) is 5.84. The topological polar surface area (TPSA) is 93.2 Å². The van der Waals surface area contributed by atoms with Crippen molar-refractivity contribution in [1.29, 1.82) is 0 Å². The van der Waals surface area contributed by atoms with Crippen molar-refractivity contribution in [3.05, 3.63) is 64.9 Å². The maximum Gasteiger partial charge on any atom is 0.262 e. The molecule has 2 aromatic carbocycles. The molecule has 1 heterocycles. The molecule has 0 unspecified atom stereocenters. The van der Waals surface area contributed by atoms with Crippen molar-refractivity contribution in [2.24, 2.45) is 0 Å². The third-order valence-electron chi connectivity index (χ3n) is 4.07. The number of anilines is 2. The second-order valence-corrected chi connectivity index (χ2v) is 7.43. The Hall–Kier alpha value is -3.33. The highest BCUT2D eigenvalue weighted by Gasteiger charge is 2.16. The van der Waals surface area contributed by atoms with Crippen molar-refractivity contribution in [2.45, 2.75) is 26.2 Å². The minimum Gasteiger partial charge on any atom is -0.483 e. The summed E-state index contributed by atoms with van der Waals surface area (Å²) < 4.78 is 19.1. The lowest BCUT2D eigenvalue weighted by molar-refractivity contribution is -0.118. The Morgan fingerprint density at radius 3 is 2.63 bits per heavy atom. The van der Waals surface area contributed by atoms with Crippen LogP contribution in [0.1, 0.15) is 35.1 Å². The zero-order valence-electron chi connectivity index (χ0n) is 16.4. The normalized spacial score (nSPS) is 10.5. The Morgan fingerprint density at radius 2 is 1.83 bits per heavy atom. The summed E-state index contributed by atoms with van der Waals surface area (Å²) in [6.45, 7) is 1.72. The van der Waals surface area contributed by atoms with Crippen LogP contribution in [0, 0.1) is 5.82 Å². The number of unbranched alkanes of at least 4 members (excludes halogenated alkanes) is 1. The fraction of sp³-hybridized carbons (Fsp3) is 0.238. The van der Waals surface area contributed by atoms with E-state index in [1.165, 1.54) is 29.5 Å². The largest absolute Gasteiger partial charge is 0.483 e. The first-order valence-corrected chi connectivity index (χ1v) is 10.3. The van der Waals surface area contributed by atoms with Crippen LogP contribution in [0.2, 0.25) is 0 Å². The van der Waals surface area contributed by atoms with Gasteiger partial charge in [0.25, 0.3) is 11.8 Å². The molecule has 3 rings (SSSR count). The van der Waals surface area contributed by atoms with Crippen LogP contribution in [0.3, 0.4) is 0 Å². The van der Waals surface area contributed by atoms with Gasteiger partial charge < -0.3 is 10.1 Å². The van der Waals surface area contributed by atoms with Gasteiger partial charge in [0, 0.05) is 6.42 Å². The van der Waals surface area contributed by atoms with Crippen molar-refractivity contribution in [3.63, 3.8) is 0 Å². The van der Waals surface area contributed by atoms with E-state index in [1.54, 1.807) is 30.3 Å². The van der Waals surface area contributed by atoms with Crippen LogP contribution in [0.4, 0.5) is 15.2 Å². The number of para-hydroxylation sites is 2. The number of aryl methyl sites for hydroxylation is 1. The molecule has 1 aromatic heterocycles. The zero-order valence-corrected chi connectivity index (χ0v) is 17.2. The predicted octanol–water partition coefficient (Wildman–Crippen LogP) is 4.29. The molecular weight excluding hydrogens is 407 g/mol. The first-order chi connectivity index (χ1) is 14.6. The highest BCUT2D eigenvalue weighted by molar-refractivity contribution is 7.15. The molecule has 0 saturated carbocycles. The fourth-order valence-corrected chi connectivity index (χ4v) is 3.35. The van der Waals surface area contributed by atoms with Gasteiger partial charge in [-0.2, -0.15) is 0 Å². The lowest BCUT2D eigenvalue weighted by Crippen LogP contribution is -2.22. The van der Waals surface area contributed by atoms with E-state index in [0.29, 0.717) is 5.13 Å². The van der Waals surface area contributed by atoms with Crippen molar-refractivity contribution >= 4 is 34.0 Å². The number of rotatable bonds is 9. The summed E-state index contributed by atoms with van der Waals surface area (Å²) in [7, 11) is 0. The Kier molecular flexibility index (Phi) is 7.45. The molecule has 0 aliphatic rings. The van der Waals surface area contributed by atoms with Gasteiger partial charge in [-0.05, 0) is 30.7 Å². The molecule has 0 aliphatic carbocycles. The van der Waals surface area contributed by atoms with Crippen LogP contribution in [-0.4, -0.2) is 28.6 Å². The molecule has 0 atom stereocenters. The molecule has 2 N–H and O–H groups in total. The first-order valence-electron chi connectivity index (χ1n) is 9.46. The van der Waals surface area contributed by atoms with Crippen LogP contribution >= 0.6 is 11.3 Å². The van der Waals surface area contributed by atoms with Gasteiger partial charge in [-0.3, -0.25) is 14.9 Å². The van der Waals surface area contributed by atoms with Crippen molar-refractivity contribution in [3.8, 4) is 5.75 Å². The van der Waals surface area contributed by atoms with Gasteiger partial charge in [-0.1, -0.05) is 48.9 Å². The standard InChI is InChI=1S/C21H21FN4O3S/c1-2-3-12-19-25-26-21(30-19)24-20(28)14-8-4-7-11-17(14)29-13-18(27)23-16-10-6-5-9-15(16)22/h4-11H,2-3,12-13H2,1H3,(H,23,27)(H,24,26,28). The predicted molar refractivity (Wildman–Crippen MR) is 113 cm³/mol. The zero-order chi connectivity index (χ0) is 21.3. The van der Waals surface area contributed by atoms with E-state index in [4.69, 9.17) is 4.74 Å². The summed E-state index contributed by atoms with van der Waals surface area (Å²) in [4.78, 5) is 24.7. The molecule has 156 valence electrons. The Bertz CT molecular complexity index is 1020. The highest BCUT2D eigenvalue weighted by atomic mass is 32.1. The lowest BCUT2D eigenvalue weighted by atomic mass is 10.2. The third-order valence-corrected chi connectivity index (χ3v) is 4.97. The number of carbonyl (C=O) groups excluding carboxylic acids is 2. The van der Waals surface area contributed by atoms with Gasteiger partial charge in [0.05, 0.1) is 11.3 Å². The van der Waals surface area contributed by atoms with Gasteiger partial charge in [-0.25, -0.2) is 4.39 Å². The SMILES string of the molecule is CCCCc1nnc(NC(=O)c2ccccc2OCC(=O)Nc2ccccc2F)s1. The summed E-state index contributed by atoms with van der Waals surface area (Å²) in [5.74, 6) is -1.27. The fourth-order valence-electron chi connectivity index (χ4n) is 2.57. The van der Waals surface area contributed by atoms with Gasteiger partial charge in [0.2, 0.25) is 5.13 Å². The summed E-state index contributed by atoms with van der Waals surface area (Å²) in [6.07, 6.45) is 2.88. The molecule has 0 fully saturated rings. The van der Waals surface area contributed by atoms with Crippen molar-refractivity contribution in [2.75, 3.05) is 17.2 Å². The molecule has 0 saturated heterocycles. The van der Waals surface area contributed by atoms with Crippen molar-refractivity contribution in [1.82, 2.24) is 10.2 Å². The van der Waals surface area contributed by atoms with Gasteiger partial charge in [0.15, 0.2) is 6.61 Å². The van der Waals surface area contributed by atoms with E-state index in [1.807, 2.05) is 0 Å². The molecule has 0 spiro atoms. The van der Waals surface area contributed by atoms with E-state index < -0.39 is 17.6 Å². The molecular formula is C21H21FN4O3S. The summed E-state index contributed by atoms with van der Waals surface area (Å²) in [5, 5.41) is 14.5. The second kappa shape index (κ2) is 10.4. The Balaban J connectivity index is 1.61. The maximum absolute atomic E-state index is 13.6. The maximum atomic E-state index is 13.6. The van der Waals surface area contributed by atoms with Gasteiger partial charge in [0.1, 0.15) is 16.6 Å². The van der Waals surface area contributed by atoms with Crippen LogP contribution in [0.15, 0.2) is 48.5 Å². The first kappa shape index (κ1) is 21.4. The number of hydrogen-bond donors (Lipinski definition) is 2. The smallest absolute Gasteiger partial charge is 0.262 e. The number of amides is 2. The van der Waals surface area contributed by atoms with Gasteiger partial charge >= 0.3 is 0 Å². The Morgan fingerprint density at radius 1 is 1.07 bits per heavy atom. The summed E-state index contributed by atoms with van der Waals surface area (Å²) in [6, 6.07) is 12.4. The van der Waals surface area contributed by atoms with Crippen LogP contribution in [-0.2, 0) is 11.2 Å². The molecule has 0 aliphatic heterocycles. The van der Waals surface area contributed by atoms with E-state index >= 15 is 0 Å². The minimum atomic E-state index is -0.542. The minimum absolute atomic E-state index is 0.0623. The van der Waals surface area contributed by atoms with Crippen LogP contribution in [0.5, 0.6) is 5.75 Å². The van der Waals surface area contributed by atoms with E-state index in [9.17, 15) is 14.0 Å². The summed E-state index contributed by atoms with van der Waals surface area (Å²) in [5.41, 5.74) is 0.314. The number of nitrogens with one attached hydrogen (secondary N) is 2. The number of halogens is 1. The molecule has 7 nitrogen and oxygen atoms in total. The molecule has 9 heteroatoms.